The van der Waals surface area contributed by atoms with E-state index in [0.29, 0.717) is 0 Å². The summed E-state index contributed by atoms with van der Waals surface area (Å²) in [5.74, 6) is -0.0186. The highest BCUT2D eigenvalue weighted by Crippen LogP contribution is 2.57. The van der Waals surface area contributed by atoms with E-state index in [1.54, 1.807) is 0 Å². The molecule has 1 aromatic carbocycles. The predicted octanol–water partition coefficient (Wildman–Crippen LogP) is 2.92. The molecule has 3 atom stereocenters. The first-order chi connectivity index (χ1) is 9.89. The number of hydrogen-bond donors (Lipinski definition) is 2. The molecule has 3 rings (SSSR count). The van der Waals surface area contributed by atoms with Crippen molar-refractivity contribution in [2.75, 3.05) is 11.9 Å². The fraction of sp³-hybridized carbons (Fsp3) is 0.562. The van der Waals surface area contributed by atoms with Crippen LogP contribution in [0.25, 0.3) is 0 Å². The zero-order chi connectivity index (χ0) is 15.3. The van der Waals surface area contributed by atoms with E-state index in [-0.39, 0.29) is 23.3 Å². The summed E-state index contributed by atoms with van der Waals surface area (Å²) in [7, 11) is 0. The van der Waals surface area contributed by atoms with Gasteiger partial charge in [-0.3, -0.25) is 4.79 Å². The zero-order valence-electron chi connectivity index (χ0n) is 12.4. The number of carbonyl (C=O) groups excluding carboxylic acids is 1. The van der Waals surface area contributed by atoms with Gasteiger partial charge < -0.3 is 15.8 Å². The van der Waals surface area contributed by atoms with Gasteiger partial charge in [0.1, 0.15) is 5.54 Å². The van der Waals surface area contributed by atoms with Gasteiger partial charge in [-0.2, -0.15) is 0 Å². The molecule has 1 aromatic rings. The molecule has 1 saturated heterocycles. The number of carbonyl (C=O) groups is 1. The van der Waals surface area contributed by atoms with Crippen LogP contribution < -0.4 is 11.1 Å². The van der Waals surface area contributed by atoms with E-state index in [2.05, 4.69) is 21.2 Å². The average molecular weight is 353 g/mol. The van der Waals surface area contributed by atoms with Gasteiger partial charge >= 0.3 is 0 Å². The fourth-order valence-electron chi connectivity index (χ4n) is 3.83. The van der Waals surface area contributed by atoms with E-state index in [0.717, 1.165) is 29.6 Å². The summed E-state index contributed by atoms with van der Waals surface area (Å²) >= 11 is 3.45. The van der Waals surface area contributed by atoms with Gasteiger partial charge in [0, 0.05) is 22.4 Å². The molecular weight excluding hydrogens is 332 g/mol. The Bertz CT molecular complexity index is 575. The Morgan fingerprint density at radius 1 is 1.43 bits per heavy atom. The topological polar surface area (TPSA) is 64.3 Å². The van der Waals surface area contributed by atoms with Crippen molar-refractivity contribution in [3.05, 3.63) is 28.7 Å². The largest absolute Gasteiger partial charge is 0.377 e. The Hall–Kier alpha value is -0.910. The van der Waals surface area contributed by atoms with Gasteiger partial charge in [-0.1, -0.05) is 26.0 Å². The molecule has 2 aliphatic rings. The van der Waals surface area contributed by atoms with Crippen LogP contribution in [-0.2, 0) is 9.53 Å². The maximum atomic E-state index is 12.8. The quantitative estimate of drug-likeness (QED) is 0.859. The predicted molar refractivity (Wildman–Crippen MR) is 85.9 cm³/mol. The van der Waals surface area contributed by atoms with Crippen LogP contribution in [0.15, 0.2) is 28.7 Å². The molecule has 114 valence electrons. The number of nitrogens with two attached hydrogens (primary N) is 1. The van der Waals surface area contributed by atoms with Crippen molar-refractivity contribution < 1.29 is 9.53 Å². The van der Waals surface area contributed by atoms with Crippen molar-refractivity contribution in [1.82, 2.24) is 0 Å². The van der Waals surface area contributed by atoms with Crippen molar-refractivity contribution in [2.24, 2.45) is 17.1 Å². The number of rotatable bonds is 2. The molecule has 1 amide bonds. The van der Waals surface area contributed by atoms with E-state index < -0.39 is 5.54 Å². The molecule has 1 heterocycles. The van der Waals surface area contributed by atoms with Crippen LogP contribution in [0.1, 0.15) is 26.7 Å². The third kappa shape index (κ3) is 2.05. The Morgan fingerprint density at radius 2 is 2.14 bits per heavy atom. The van der Waals surface area contributed by atoms with Gasteiger partial charge in [0.2, 0.25) is 5.91 Å². The molecule has 2 fully saturated rings. The number of amides is 1. The summed E-state index contributed by atoms with van der Waals surface area (Å²) in [4.78, 5) is 12.8. The monoisotopic (exact) mass is 352 g/mol. The number of ether oxygens (including phenoxy) is 1. The second kappa shape index (κ2) is 5.07. The number of nitrogens with one attached hydrogen (secondary N) is 1. The Labute approximate surface area is 133 Å². The number of anilines is 1. The minimum atomic E-state index is -0.882. The molecule has 21 heavy (non-hydrogen) atoms. The molecule has 3 N–H and O–H groups in total. The van der Waals surface area contributed by atoms with Crippen LogP contribution in [0.4, 0.5) is 5.69 Å². The molecule has 3 unspecified atom stereocenters. The number of hydrogen-bond acceptors (Lipinski definition) is 3. The van der Waals surface area contributed by atoms with E-state index in [1.165, 1.54) is 0 Å². The van der Waals surface area contributed by atoms with Crippen LogP contribution >= 0.6 is 15.9 Å². The van der Waals surface area contributed by atoms with Gasteiger partial charge in [0.15, 0.2) is 0 Å². The van der Waals surface area contributed by atoms with Crippen molar-refractivity contribution >= 4 is 27.5 Å². The lowest BCUT2D eigenvalue weighted by Crippen LogP contribution is -2.81. The number of halogens is 1. The van der Waals surface area contributed by atoms with Gasteiger partial charge in [0.25, 0.3) is 0 Å². The lowest BCUT2D eigenvalue weighted by molar-refractivity contribution is -0.222. The van der Waals surface area contributed by atoms with Crippen molar-refractivity contribution in [3.8, 4) is 0 Å². The Morgan fingerprint density at radius 3 is 2.86 bits per heavy atom. The van der Waals surface area contributed by atoms with Crippen LogP contribution in [0.3, 0.4) is 0 Å². The standard InChI is InChI=1S/C16H21BrN2O2/c1-15(2)13-10(6-5-9-21-13)16(15,18)14(20)19-12-8-4-3-7-11(12)17/h3-4,7-8,10,13H,5-6,9,18H2,1-2H3,(H,19,20). The summed E-state index contributed by atoms with van der Waals surface area (Å²) in [5, 5.41) is 2.97. The average Bonchev–Trinajstić information content (AvgIpc) is 2.48. The molecular formula is C16H21BrN2O2. The van der Waals surface area contributed by atoms with Crippen molar-refractivity contribution in [1.29, 1.82) is 0 Å². The minimum absolute atomic E-state index is 0.0845. The molecule has 0 spiro atoms. The molecule has 0 aromatic heterocycles. The maximum absolute atomic E-state index is 12.8. The molecule has 0 radical (unpaired) electrons. The number of fused-ring (bicyclic) bond motifs is 1. The molecule has 0 bridgehead atoms. The van der Waals surface area contributed by atoms with Crippen LogP contribution in [0.2, 0.25) is 0 Å². The number of para-hydroxylation sites is 1. The Balaban J connectivity index is 1.85. The fourth-order valence-corrected chi connectivity index (χ4v) is 4.21. The van der Waals surface area contributed by atoms with Crippen LogP contribution in [-0.4, -0.2) is 24.2 Å². The summed E-state index contributed by atoms with van der Waals surface area (Å²) in [6.45, 7) is 4.82. The van der Waals surface area contributed by atoms with Crippen molar-refractivity contribution in [2.45, 2.75) is 38.3 Å². The second-order valence-corrected chi connectivity index (χ2v) is 7.42. The van der Waals surface area contributed by atoms with Crippen LogP contribution in [0.5, 0.6) is 0 Å². The first-order valence-electron chi connectivity index (χ1n) is 7.35. The smallest absolute Gasteiger partial charge is 0.245 e. The van der Waals surface area contributed by atoms with E-state index >= 15 is 0 Å². The highest BCUT2D eigenvalue weighted by Gasteiger charge is 2.70. The highest BCUT2D eigenvalue weighted by molar-refractivity contribution is 9.10. The normalized spacial score (nSPS) is 33.7. The lowest BCUT2D eigenvalue weighted by atomic mass is 9.46. The van der Waals surface area contributed by atoms with Gasteiger partial charge in [-0.25, -0.2) is 0 Å². The summed E-state index contributed by atoms with van der Waals surface area (Å²) < 4.78 is 6.70. The summed E-state index contributed by atoms with van der Waals surface area (Å²) in [6.07, 6.45) is 2.01. The SMILES string of the molecule is CC1(C)C2OCCCC2C1(N)C(=O)Nc1ccccc1Br. The third-order valence-electron chi connectivity index (χ3n) is 5.18. The van der Waals surface area contributed by atoms with Gasteiger partial charge in [0.05, 0.1) is 11.8 Å². The molecule has 1 aliphatic carbocycles. The van der Waals surface area contributed by atoms with Crippen molar-refractivity contribution in [3.63, 3.8) is 0 Å². The third-order valence-corrected chi connectivity index (χ3v) is 5.87. The minimum Gasteiger partial charge on any atom is -0.377 e. The van der Waals surface area contributed by atoms with Crippen LogP contribution in [0, 0.1) is 11.3 Å². The molecule has 1 saturated carbocycles. The van der Waals surface area contributed by atoms with E-state index in [9.17, 15) is 4.79 Å². The summed E-state index contributed by atoms with van der Waals surface area (Å²) in [5.41, 5.74) is 6.08. The Kier molecular flexibility index (Phi) is 3.62. The highest BCUT2D eigenvalue weighted by atomic mass is 79.9. The summed E-state index contributed by atoms with van der Waals surface area (Å²) in [6, 6.07) is 7.57. The molecule has 4 nitrogen and oxygen atoms in total. The first kappa shape index (κ1) is 15.0. The lowest BCUT2D eigenvalue weighted by Gasteiger charge is -2.65. The number of benzene rings is 1. The first-order valence-corrected chi connectivity index (χ1v) is 8.15. The van der Waals surface area contributed by atoms with E-state index in [1.807, 2.05) is 38.1 Å². The van der Waals surface area contributed by atoms with Gasteiger partial charge in [-0.05, 0) is 40.9 Å². The second-order valence-electron chi connectivity index (χ2n) is 6.56. The zero-order valence-corrected chi connectivity index (χ0v) is 13.9. The van der Waals surface area contributed by atoms with Gasteiger partial charge in [-0.15, -0.1) is 0 Å². The molecule has 1 aliphatic heterocycles. The maximum Gasteiger partial charge on any atom is 0.245 e. The van der Waals surface area contributed by atoms with E-state index in [4.69, 9.17) is 10.5 Å². The molecule has 5 heteroatoms.